The molecule has 4 aliphatic carbocycles. The average Bonchev–Trinajstić information content (AvgIpc) is 3.23. The average molecular weight is 531 g/mol. The van der Waals surface area contributed by atoms with E-state index >= 15 is 0 Å². The Morgan fingerprint density at radius 3 is 2.38 bits per heavy atom. The molecular formula is C35H43FO3. The molecule has 4 aliphatic rings. The van der Waals surface area contributed by atoms with Crippen LogP contribution < -0.4 is 0 Å². The van der Waals surface area contributed by atoms with Gasteiger partial charge >= 0.3 is 0 Å². The number of Topliss-reactive ketones (excluding diaryl/α,β-unsaturated/α-hetero) is 1. The highest BCUT2D eigenvalue weighted by atomic mass is 19.1. The molecule has 4 heteroatoms. The maximum Gasteiger partial charge on any atom is 0.169 e. The van der Waals surface area contributed by atoms with Gasteiger partial charge in [-0.05, 0) is 104 Å². The fourth-order valence-corrected chi connectivity index (χ4v) is 9.61. The number of hydrogen-bond acceptors (Lipinski definition) is 3. The third-order valence-corrected chi connectivity index (χ3v) is 11.9. The van der Waals surface area contributed by atoms with Gasteiger partial charge in [-0.2, -0.15) is 0 Å². The molecule has 0 spiro atoms. The molecule has 0 aromatic heterocycles. The van der Waals surface area contributed by atoms with E-state index in [0.29, 0.717) is 36.4 Å². The number of halogens is 1. The molecule has 2 aromatic rings. The number of fused-ring (bicyclic) bond motifs is 5. The van der Waals surface area contributed by atoms with Crippen LogP contribution in [0.1, 0.15) is 83.3 Å². The van der Waals surface area contributed by atoms with Gasteiger partial charge < -0.3 is 9.84 Å². The van der Waals surface area contributed by atoms with E-state index in [9.17, 15) is 14.3 Å². The van der Waals surface area contributed by atoms with Crippen LogP contribution in [0.4, 0.5) is 4.39 Å². The number of carbonyl (C=O) groups is 1. The predicted octanol–water partition coefficient (Wildman–Crippen LogP) is 7.81. The Morgan fingerprint density at radius 1 is 0.949 bits per heavy atom. The second kappa shape index (κ2) is 9.66. The summed E-state index contributed by atoms with van der Waals surface area (Å²) in [5.74, 6) is 0.641. The van der Waals surface area contributed by atoms with E-state index < -0.39 is 5.79 Å². The lowest BCUT2D eigenvalue weighted by Crippen LogP contribution is -2.55. The summed E-state index contributed by atoms with van der Waals surface area (Å²) < 4.78 is 19.4. The van der Waals surface area contributed by atoms with Crippen LogP contribution in [0.2, 0.25) is 0 Å². The van der Waals surface area contributed by atoms with Crippen LogP contribution in [0, 0.1) is 39.8 Å². The summed E-state index contributed by atoms with van der Waals surface area (Å²) in [6, 6.07) is 16.9. The molecule has 1 N–H and O–H groups in total. The summed E-state index contributed by atoms with van der Waals surface area (Å²) in [5, 5.41) is 11.4. The standard InChI is InChI=1S/C35H43FO3/c1-24(37)34(21-25-7-5-4-6-8-25)18-16-31-29-14-11-27-22-35(38,39-23-26-9-12-28(36)13-10-26)20-19-32(27,2)30(29)15-17-33(31,34)3/h4-13,29-31,38H,14-23H2,1-3H3/t29-,30+,31+,32+,33+,34+,35-/m1/s1. The first-order valence-corrected chi connectivity index (χ1v) is 14.9. The summed E-state index contributed by atoms with van der Waals surface area (Å²) >= 11 is 0. The normalized spacial score (nSPS) is 39.3. The minimum absolute atomic E-state index is 0.0191. The lowest BCUT2D eigenvalue weighted by Gasteiger charge is -2.60. The second-order valence-corrected chi connectivity index (χ2v) is 13.6. The molecule has 208 valence electrons. The molecule has 2 aromatic carbocycles. The quantitative estimate of drug-likeness (QED) is 0.306. The minimum atomic E-state index is -1.18. The zero-order valence-electron chi connectivity index (χ0n) is 23.7. The molecule has 3 saturated carbocycles. The highest BCUT2D eigenvalue weighted by molar-refractivity contribution is 5.84. The van der Waals surface area contributed by atoms with E-state index in [1.54, 1.807) is 12.1 Å². The van der Waals surface area contributed by atoms with Crippen LogP contribution in [-0.2, 0) is 22.6 Å². The lowest BCUT2D eigenvalue weighted by molar-refractivity contribution is -0.231. The number of aliphatic hydroxyl groups is 1. The highest BCUT2D eigenvalue weighted by Crippen LogP contribution is 2.70. The molecule has 0 aliphatic heterocycles. The maximum atomic E-state index is 13.5. The molecule has 3 fully saturated rings. The van der Waals surface area contributed by atoms with Gasteiger partial charge in [-0.15, -0.1) is 0 Å². The van der Waals surface area contributed by atoms with E-state index in [2.05, 4.69) is 50.3 Å². The van der Waals surface area contributed by atoms with Gasteiger partial charge in [0.15, 0.2) is 5.79 Å². The smallest absolute Gasteiger partial charge is 0.169 e. The van der Waals surface area contributed by atoms with Crippen LogP contribution in [0.25, 0.3) is 0 Å². The van der Waals surface area contributed by atoms with Crippen molar-refractivity contribution >= 4 is 5.78 Å². The van der Waals surface area contributed by atoms with Crippen molar-refractivity contribution < 1.29 is 19.0 Å². The molecule has 0 heterocycles. The first-order chi connectivity index (χ1) is 18.6. The van der Waals surface area contributed by atoms with Gasteiger partial charge in [0.05, 0.1) is 6.61 Å². The van der Waals surface area contributed by atoms with E-state index in [0.717, 1.165) is 50.5 Å². The molecule has 0 saturated heterocycles. The van der Waals surface area contributed by atoms with Crippen molar-refractivity contribution in [2.45, 2.75) is 91.0 Å². The van der Waals surface area contributed by atoms with E-state index in [1.165, 1.54) is 23.3 Å². The number of benzene rings is 2. The van der Waals surface area contributed by atoms with E-state index in [1.807, 2.05) is 6.92 Å². The number of ketones is 1. The van der Waals surface area contributed by atoms with Crippen molar-refractivity contribution in [1.29, 1.82) is 0 Å². The molecule has 7 atom stereocenters. The Kier molecular flexibility index (Phi) is 6.66. The van der Waals surface area contributed by atoms with E-state index in [-0.39, 0.29) is 28.7 Å². The molecule has 0 radical (unpaired) electrons. The molecule has 3 nitrogen and oxygen atoms in total. The van der Waals surface area contributed by atoms with Crippen molar-refractivity contribution in [3.8, 4) is 0 Å². The summed E-state index contributed by atoms with van der Waals surface area (Å²) in [6.07, 6.45) is 10.7. The fraction of sp³-hybridized carbons (Fsp3) is 0.571. The Balaban J connectivity index is 1.22. The van der Waals surface area contributed by atoms with Crippen molar-refractivity contribution in [1.82, 2.24) is 0 Å². The van der Waals surface area contributed by atoms with Crippen molar-refractivity contribution in [2.24, 2.45) is 34.0 Å². The first kappa shape index (κ1) is 26.9. The van der Waals surface area contributed by atoms with Crippen LogP contribution in [0.5, 0.6) is 0 Å². The number of ether oxygens (including phenoxy) is 1. The van der Waals surface area contributed by atoms with Crippen molar-refractivity contribution in [3.05, 3.63) is 83.2 Å². The first-order valence-electron chi connectivity index (χ1n) is 14.9. The number of rotatable bonds is 6. The largest absolute Gasteiger partial charge is 0.365 e. The van der Waals surface area contributed by atoms with Gasteiger partial charge in [0.25, 0.3) is 0 Å². The summed E-state index contributed by atoms with van der Waals surface area (Å²) in [4.78, 5) is 13.5. The molecule has 6 rings (SSSR count). The van der Waals surface area contributed by atoms with Crippen LogP contribution in [-0.4, -0.2) is 16.7 Å². The minimum Gasteiger partial charge on any atom is -0.365 e. The van der Waals surface area contributed by atoms with Crippen LogP contribution >= 0.6 is 0 Å². The summed E-state index contributed by atoms with van der Waals surface area (Å²) in [5.41, 5.74) is 3.30. The van der Waals surface area contributed by atoms with Gasteiger partial charge in [0.1, 0.15) is 11.6 Å². The van der Waals surface area contributed by atoms with Gasteiger partial charge in [0, 0.05) is 18.3 Å². The monoisotopic (exact) mass is 530 g/mol. The summed E-state index contributed by atoms with van der Waals surface area (Å²) in [6.45, 7) is 6.99. The Bertz CT molecular complexity index is 1250. The van der Waals surface area contributed by atoms with Crippen LogP contribution in [0.3, 0.4) is 0 Å². The van der Waals surface area contributed by atoms with Crippen molar-refractivity contribution in [2.75, 3.05) is 0 Å². The number of carbonyl (C=O) groups excluding carboxylic acids is 1. The number of allylic oxidation sites excluding steroid dienone is 1. The zero-order valence-corrected chi connectivity index (χ0v) is 23.7. The fourth-order valence-electron chi connectivity index (χ4n) is 9.61. The molecule has 0 bridgehead atoms. The van der Waals surface area contributed by atoms with Gasteiger partial charge in [-0.3, -0.25) is 4.79 Å². The Hall–Kier alpha value is -2.30. The van der Waals surface area contributed by atoms with Gasteiger partial charge in [-0.25, -0.2) is 4.39 Å². The topological polar surface area (TPSA) is 46.5 Å². The second-order valence-electron chi connectivity index (χ2n) is 13.6. The molecule has 39 heavy (non-hydrogen) atoms. The van der Waals surface area contributed by atoms with Crippen molar-refractivity contribution in [3.63, 3.8) is 0 Å². The number of hydrogen-bond donors (Lipinski definition) is 1. The molecule has 0 amide bonds. The van der Waals surface area contributed by atoms with Crippen LogP contribution in [0.15, 0.2) is 66.2 Å². The Morgan fingerprint density at radius 2 is 1.67 bits per heavy atom. The summed E-state index contributed by atoms with van der Waals surface area (Å²) in [7, 11) is 0. The third kappa shape index (κ3) is 4.34. The Labute approximate surface area is 232 Å². The molecular weight excluding hydrogens is 487 g/mol. The highest BCUT2D eigenvalue weighted by Gasteiger charge is 2.65. The van der Waals surface area contributed by atoms with Gasteiger partial charge in [0.2, 0.25) is 0 Å². The SMILES string of the molecule is CC(=O)[C@@]1(Cc2ccccc2)CC[C@H]2[C@@H]3CC=C4C[C@](O)(OCc5ccc(F)cc5)CC[C@]4(C)[C@H]3CC[C@@]21C. The maximum absolute atomic E-state index is 13.5. The van der Waals surface area contributed by atoms with E-state index in [4.69, 9.17) is 4.74 Å². The third-order valence-electron chi connectivity index (χ3n) is 11.9. The van der Waals surface area contributed by atoms with Gasteiger partial charge in [-0.1, -0.05) is 68.0 Å². The lowest BCUT2D eigenvalue weighted by atomic mass is 9.44. The zero-order chi connectivity index (χ0) is 27.5. The molecule has 0 unspecified atom stereocenters. The predicted molar refractivity (Wildman–Crippen MR) is 151 cm³/mol.